The van der Waals surface area contributed by atoms with Gasteiger partial charge in [0.1, 0.15) is 35.9 Å². The predicted molar refractivity (Wildman–Crippen MR) is 118 cm³/mol. The molecule has 8 heteroatoms. The third-order valence-corrected chi connectivity index (χ3v) is 6.13. The average Bonchev–Trinajstić information content (AvgIpc) is 3.05. The molecule has 1 fully saturated rings. The number of benzene rings is 1. The largest absolute Gasteiger partial charge is 0.462 e. The Bertz CT molecular complexity index is 858. The van der Waals surface area contributed by atoms with E-state index in [9.17, 15) is 9.59 Å². The van der Waals surface area contributed by atoms with Gasteiger partial charge in [0, 0.05) is 15.4 Å². The second kappa shape index (κ2) is 9.84. The van der Waals surface area contributed by atoms with E-state index in [1.807, 2.05) is 43.5 Å². The minimum Gasteiger partial charge on any atom is -0.462 e. The number of hydrogen-bond acceptors (Lipinski definition) is 5. The number of carbonyl (C=O) groups is 2. The highest BCUT2D eigenvalue weighted by molar-refractivity contribution is 9.10. The summed E-state index contributed by atoms with van der Waals surface area (Å²) < 4.78 is 12.0. The van der Waals surface area contributed by atoms with Crippen LogP contribution in [-0.4, -0.2) is 50.3 Å². The number of halogens is 1. The maximum atomic E-state index is 12.7. The highest BCUT2D eigenvalue weighted by Gasteiger charge is 2.28. The van der Waals surface area contributed by atoms with E-state index < -0.39 is 5.97 Å². The Hall–Kier alpha value is -1.74. The molecule has 1 aliphatic heterocycles. The van der Waals surface area contributed by atoms with E-state index in [-0.39, 0.29) is 24.7 Å². The Morgan fingerprint density at radius 1 is 1.24 bits per heavy atom. The Balaban J connectivity index is 1.80. The fraction of sp³-hybridized carbons (Fsp3) is 0.429. The molecule has 2 unspecified atom stereocenters. The smallest absolute Gasteiger partial charge is 0.341 e. The van der Waals surface area contributed by atoms with Crippen LogP contribution in [0.4, 0.5) is 5.00 Å². The summed E-state index contributed by atoms with van der Waals surface area (Å²) in [5.41, 5.74) is 2.07. The maximum Gasteiger partial charge on any atom is 0.341 e. The molecule has 3 rings (SSSR count). The van der Waals surface area contributed by atoms with Gasteiger partial charge in [0.2, 0.25) is 0 Å². The average molecular weight is 482 g/mol. The fourth-order valence-electron chi connectivity index (χ4n) is 3.63. The molecule has 1 saturated heterocycles. The first-order valence-corrected chi connectivity index (χ1v) is 11.4. The van der Waals surface area contributed by atoms with Crippen molar-refractivity contribution in [3.8, 4) is 11.1 Å². The number of carbonyl (C=O) groups excluding carboxylic acids is 2. The number of nitrogens with one attached hydrogen (secondary N) is 2. The molecular formula is C21H26BrN2O4S+. The van der Waals surface area contributed by atoms with Crippen molar-refractivity contribution in [1.29, 1.82) is 0 Å². The van der Waals surface area contributed by atoms with Gasteiger partial charge in [-0.2, -0.15) is 0 Å². The minimum atomic E-state index is -0.428. The lowest BCUT2D eigenvalue weighted by Crippen LogP contribution is -3.16. The molecule has 1 aliphatic rings. The number of morpholine rings is 1. The summed E-state index contributed by atoms with van der Waals surface area (Å²) in [6.45, 7) is 8.01. The monoisotopic (exact) mass is 481 g/mol. The number of ether oxygens (including phenoxy) is 2. The van der Waals surface area contributed by atoms with Crippen molar-refractivity contribution in [2.75, 3.05) is 31.6 Å². The van der Waals surface area contributed by atoms with Crippen LogP contribution in [0.25, 0.3) is 11.1 Å². The van der Waals surface area contributed by atoms with Gasteiger partial charge >= 0.3 is 5.97 Å². The third-order valence-electron chi connectivity index (χ3n) is 4.71. The highest BCUT2D eigenvalue weighted by Crippen LogP contribution is 2.36. The van der Waals surface area contributed by atoms with Crippen molar-refractivity contribution in [2.45, 2.75) is 33.0 Å². The summed E-state index contributed by atoms with van der Waals surface area (Å²) in [6.07, 6.45) is 0.254. The standard InChI is InChI=1S/C21H25BrN2O4S/c1-4-27-21(26)19-17(15-5-7-16(22)8-6-15)12-29-20(19)23-18(25)11-24-9-13(2)28-14(3)10-24/h5-8,12-14H,4,9-11H2,1-3H3,(H,23,25)/p+1. The first-order chi connectivity index (χ1) is 13.9. The van der Waals surface area contributed by atoms with Gasteiger partial charge in [-0.15, -0.1) is 11.3 Å². The zero-order valence-electron chi connectivity index (χ0n) is 16.8. The molecule has 2 aromatic rings. The van der Waals surface area contributed by atoms with Gasteiger partial charge < -0.3 is 19.7 Å². The SMILES string of the molecule is CCOC(=O)c1c(-c2ccc(Br)cc2)csc1NC(=O)C[NH+]1CC(C)OC(C)C1. The normalized spacial score (nSPS) is 21.6. The van der Waals surface area contributed by atoms with Gasteiger partial charge in [-0.3, -0.25) is 4.79 Å². The van der Waals surface area contributed by atoms with Gasteiger partial charge in [-0.25, -0.2) is 4.79 Å². The summed E-state index contributed by atoms with van der Waals surface area (Å²) in [7, 11) is 0. The number of amides is 1. The molecule has 156 valence electrons. The molecule has 1 amide bonds. The highest BCUT2D eigenvalue weighted by atomic mass is 79.9. The topological polar surface area (TPSA) is 69.1 Å². The molecule has 0 saturated carbocycles. The number of esters is 1. The molecular weight excluding hydrogens is 456 g/mol. The Labute approximate surface area is 183 Å². The fourth-order valence-corrected chi connectivity index (χ4v) is 4.87. The lowest BCUT2D eigenvalue weighted by atomic mass is 10.0. The first kappa shape index (κ1) is 22.0. The Kier molecular flexibility index (Phi) is 7.45. The molecule has 2 atom stereocenters. The van der Waals surface area contributed by atoms with Crippen LogP contribution in [-0.2, 0) is 14.3 Å². The summed E-state index contributed by atoms with van der Waals surface area (Å²) in [5, 5.41) is 5.35. The van der Waals surface area contributed by atoms with Crippen molar-refractivity contribution < 1.29 is 24.0 Å². The maximum absolute atomic E-state index is 12.7. The lowest BCUT2D eigenvalue weighted by molar-refractivity contribution is -0.907. The molecule has 6 nitrogen and oxygen atoms in total. The van der Waals surface area contributed by atoms with Gasteiger partial charge in [0.25, 0.3) is 5.91 Å². The van der Waals surface area contributed by atoms with Crippen LogP contribution in [0.5, 0.6) is 0 Å². The van der Waals surface area contributed by atoms with Crippen LogP contribution < -0.4 is 10.2 Å². The number of anilines is 1. The van der Waals surface area contributed by atoms with Gasteiger partial charge in [-0.05, 0) is 38.5 Å². The first-order valence-electron chi connectivity index (χ1n) is 9.70. The summed E-state index contributed by atoms with van der Waals surface area (Å²) >= 11 is 4.77. The molecule has 0 radical (unpaired) electrons. The van der Waals surface area contributed by atoms with E-state index >= 15 is 0 Å². The van der Waals surface area contributed by atoms with Crippen molar-refractivity contribution in [3.63, 3.8) is 0 Å². The molecule has 29 heavy (non-hydrogen) atoms. The van der Waals surface area contributed by atoms with Crippen LogP contribution in [0, 0.1) is 0 Å². The van der Waals surface area contributed by atoms with Crippen molar-refractivity contribution in [2.24, 2.45) is 0 Å². The van der Waals surface area contributed by atoms with Gasteiger partial charge in [-0.1, -0.05) is 28.1 Å². The van der Waals surface area contributed by atoms with Gasteiger partial charge in [0.05, 0.1) is 6.61 Å². The Morgan fingerprint density at radius 2 is 1.90 bits per heavy atom. The van der Waals surface area contributed by atoms with E-state index in [1.54, 1.807) is 6.92 Å². The van der Waals surface area contributed by atoms with Crippen molar-refractivity contribution in [3.05, 3.63) is 39.7 Å². The number of rotatable bonds is 6. The number of thiophene rings is 1. The van der Waals surface area contributed by atoms with Crippen LogP contribution in [0.1, 0.15) is 31.1 Å². The molecule has 0 spiro atoms. The van der Waals surface area contributed by atoms with Crippen LogP contribution in [0.15, 0.2) is 34.1 Å². The van der Waals surface area contributed by atoms with Crippen molar-refractivity contribution in [1.82, 2.24) is 0 Å². The predicted octanol–water partition coefficient (Wildman–Crippen LogP) is 2.98. The third kappa shape index (κ3) is 5.66. The minimum absolute atomic E-state index is 0.115. The second-order valence-electron chi connectivity index (χ2n) is 7.22. The summed E-state index contributed by atoms with van der Waals surface area (Å²) in [6, 6.07) is 7.71. The molecule has 1 aromatic heterocycles. The molecule has 2 heterocycles. The Morgan fingerprint density at radius 3 is 2.52 bits per heavy atom. The van der Waals surface area contributed by atoms with E-state index in [1.165, 1.54) is 16.2 Å². The number of hydrogen-bond donors (Lipinski definition) is 2. The van der Waals surface area contributed by atoms with Crippen LogP contribution in [0.3, 0.4) is 0 Å². The van der Waals surface area contributed by atoms with E-state index in [2.05, 4.69) is 21.2 Å². The molecule has 2 N–H and O–H groups in total. The van der Waals surface area contributed by atoms with Crippen LogP contribution >= 0.6 is 27.3 Å². The lowest BCUT2D eigenvalue weighted by Gasteiger charge is -2.31. The second-order valence-corrected chi connectivity index (χ2v) is 9.02. The molecule has 0 bridgehead atoms. The number of quaternary nitrogens is 1. The molecule has 0 aliphatic carbocycles. The van der Waals surface area contributed by atoms with E-state index in [4.69, 9.17) is 9.47 Å². The van der Waals surface area contributed by atoms with E-state index in [0.29, 0.717) is 17.1 Å². The summed E-state index contributed by atoms with van der Waals surface area (Å²) in [5.74, 6) is -0.543. The van der Waals surface area contributed by atoms with E-state index in [0.717, 1.165) is 28.7 Å². The zero-order valence-corrected chi connectivity index (χ0v) is 19.2. The van der Waals surface area contributed by atoms with Crippen LogP contribution in [0.2, 0.25) is 0 Å². The molecule has 1 aromatic carbocycles. The van der Waals surface area contributed by atoms with Crippen molar-refractivity contribution >= 4 is 44.1 Å². The quantitative estimate of drug-likeness (QED) is 0.622. The summed E-state index contributed by atoms with van der Waals surface area (Å²) in [4.78, 5) is 26.5. The van der Waals surface area contributed by atoms with Gasteiger partial charge in [0.15, 0.2) is 6.54 Å². The zero-order chi connectivity index (χ0) is 21.0.